The summed E-state index contributed by atoms with van der Waals surface area (Å²) in [5, 5.41) is 19.0. The van der Waals surface area contributed by atoms with Crippen LogP contribution in [-0.4, -0.2) is 34.9 Å². The normalized spacial score (nSPS) is 13.2. The second kappa shape index (κ2) is 19.3. The summed E-state index contributed by atoms with van der Waals surface area (Å²) in [7, 11) is 0. The maximum absolute atomic E-state index is 12.0. The number of allylic oxidation sites excluding steroid dienone is 2. The smallest absolute Gasteiger partial charge is 0.381 e. The Kier molecular flexibility index (Phi) is 18.2. The van der Waals surface area contributed by atoms with Gasteiger partial charge in [-0.05, 0) is 39.0 Å². The number of hydrogen-bond acceptors (Lipinski definition) is 6. The van der Waals surface area contributed by atoms with Crippen LogP contribution in [0.25, 0.3) is 0 Å². The first kappa shape index (κ1) is 28.3. The highest BCUT2D eigenvalue weighted by Crippen LogP contribution is 2.18. The minimum absolute atomic E-state index is 0.100. The molecule has 0 aliphatic heterocycles. The fraction of sp³-hybridized carbons (Fsp3) is 0.750. The van der Waals surface area contributed by atoms with Gasteiger partial charge in [-0.2, -0.15) is 0 Å². The van der Waals surface area contributed by atoms with E-state index in [1.807, 2.05) is 0 Å². The Labute approximate surface area is 182 Å². The summed E-state index contributed by atoms with van der Waals surface area (Å²) < 4.78 is 0. The van der Waals surface area contributed by atoms with Gasteiger partial charge in [0.15, 0.2) is 0 Å². The fourth-order valence-electron chi connectivity index (χ4n) is 3.06. The molecule has 2 N–H and O–H groups in total. The van der Waals surface area contributed by atoms with E-state index in [2.05, 4.69) is 35.4 Å². The lowest BCUT2D eigenvalue weighted by molar-refractivity contribution is -0.261. The molecule has 0 aromatic heterocycles. The summed E-state index contributed by atoms with van der Waals surface area (Å²) in [5.74, 6) is -2.63. The van der Waals surface area contributed by atoms with Gasteiger partial charge >= 0.3 is 11.9 Å². The molecule has 0 rings (SSSR count). The molecular weight excluding hydrogens is 384 g/mol. The van der Waals surface area contributed by atoms with E-state index in [9.17, 15) is 14.7 Å². The second-order valence-corrected chi connectivity index (χ2v) is 7.93. The van der Waals surface area contributed by atoms with Gasteiger partial charge in [-0.15, -0.1) is 0 Å². The van der Waals surface area contributed by atoms with Crippen molar-refractivity contribution in [2.75, 3.05) is 6.61 Å². The van der Waals surface area contributed by atoms with Crippen molar-refractivity contribution < 1.29 is 29.6 Å². The van der Waals surface area contributed by atoms with Crippen molar-refractivity contribution in [2.24, 2.45) is 5.92 Å². The van der Waals surface area contributed by atoms with Crippen molar-refractivity contribution in [3.63, 3.8) is 0 Å². The largest absolute Gasteiger partial charge is 0.394 e. The van der Waals surface area contributed by atoms with Crippen molar-refractivity contribution in [1.82, 2.24) is 0 Å². The molecule has 0 saturated carbocycles. The molecule has 0 aliphatic rings. The average Bonchev–Trinajstić information content (AvgIpc) is 2.73. The number of rotatable bonds is 18. The zero-order chi connectivity index (χ0) is 22.6. The summed E-state index contributed by atoms with van der Waals surface area (Å²) >= 11 is 0. The molecule has 0 amide bonds. The molecule has 0 aliphatic carbocycles. The van der Waals surface area contributed by atoms with E-state index < -0.39 is 30.6 Å². The lowest BCUT2D eigenvalue weighted by Crippen LogP contribution is -2.33. The molecule has 0 aromatic carbocycles. The molecule has 0 aromatic rings. The summed E-state index contributed by atoms with van der Waals surface area (Å²) in [6.07, 6.45) is 17.5. The first-order valence-corrected chi connectivity index (χ1v) is 11.5. The third kappa shape index (κ3) is 15.2. The Hall–Kier alpha value is -1.66. The zero-order valence-corrected chi connectivity index (χ0v) is 18.9. The van der Waals surface area contributed by atoms with Crippen LogP contribution < -0.4 is 0 Å². The minimum Gasteiger partial charge on any atom is -0.394 e. The van der Waals surface area contributed by atoms with Gasteiger partial charge in [-0.1, -0.05) is 77.0 Å². The Morgan fingerprint density at radius 3 is 1.97 bits per heavy atom. The molecule has 0 saturated heterocycles. The van der Waals surface area contributed by atoms with Gasteiger partial charge < -0.3 is 10.2 Å². The van der Waals surface area contributed by atoms with Crippen molar-refractivity contribution >= 4 is 11.9 Å². The van der Waals surface area contributed by atoms with Crippen molar-refractivity contribution in [2.45, 2.75) is 103 Å². The van der Waals surface area contributed by atoms with Gasteiger partial charge in [0, 0.05) is 5.57 Å². The molecule has 6 nitrogen and oxygen atoms in total. The van der Waals surface area contributed by atoms with Gasteiger partial charge in [0.2, 0.25) is 0 Å². The number of aliphatic hydroxyl groups excluding tert-OH is 2. The molecule has 0 bridgehead atoms. The van der Waals surface area contributed by atoms with E-state index in [1.165, 1.54) is 45.4 Å². The highest BCUT2D eigenvalue weighted by Gasteiger charge is 2.29. The summed E-state index contributed by atoms with van der Waals surface area (Å²) in [6.45, 7) is 6.50. The third-order valence-electron chi connectivity index (χ3n) is 5.03. The maximum atomic E-state index is 12.0. The maximum Gasteiger partial charge on any atom is 0.381 e. The average molecular weight is 427 g/mol. The molecule has 2 atom stereocenters. The highest BCUT2D eigenvalue weighted by molar-refractivity contribution is 5.87. The Morgan fingerprint density at radius 2 is 1.43 bits per heavy atom. The van der Waals surface area contributed by atoms with Crippen molar-refractivity contribution in [3.05, 3.63) is 24.3 Å². The first-order chi connectivity index (χ1) is 14.4. The quantitative estimate of drug-likeness (QED) is 0.103. The van der Waals surface area contributed by atoms with E-state index in [0.717, 1.165) is 32.1 Å². The van der Waals surface area contributed by atoms with Gasteiger partial charge in [-0.3, -0.25) is 0 Å². The highest BCUT2D eigenvalue weighted by atomic mass is 17.2. The molecule has 6 heteroatoms. The van der Waals surface area contributed by atoms with Crippen molar-refractivity contribution in [1.29, 1.82) is 0 Å². The Balaban J connectivity index is 3.88. The van der Waals surface area contributed by atoms with Gasteiger partial charge in [0.05, 0.1) is 18.6 Å². The van der Waals surface area contributed by atoms with Gasteiger partial charge in [-0.25, -0.2) is 19.4 Å². The fourth-order valence-corrected chi connectivity index (χ4v) is 3.06. The van der Waals surface area contributed by atoms with E-state index >= 15 is 0 Å². The zero-order valence-electron chi connectivity index (χ0n) is 18.9. The number of unbranched alkanes of at least 4 members (excludes halogenated alkanes) is 10. The van der Waals surface area contributed by atoms with Crippen LogP contribution in [0.4, 0.5) is 0 Å². The van der Waals surface area contributed by atoms with Crippen LogP contribution in [0.5, 0.6) is 0 Å². The Bertz CT molecular complexity index is 500. The molecule has 30 heavy (non-hydrogen) atoms. The molecule has 0 radical (unpaired) electrons. The summed E-state index contributed by atoms with van der Waals surface area (Å²) in [4.78, 5) is 32.2. The standard InChI is InChI=1S/C24H42O6/c1-4-5-6-7-8-9-10-11-12-13-14-15-16-17-18-21(22(26)19-25)24(28)30-29-23(27)20(2)3/h11-12,21-22,25-26H,2,4-10,13-19H2,1,3H3/b12-11-. The summed E-state index contributed by atoms with van der Waals surface area (Å²) in [6, 6.07) is 0. The molecule has 174 valence electrons. The van der Waals surface area contributed by atoms with Gasteiger partial charge in [0.1, 0.15) is 0 Å². The van der Waals surface area contributed by atoms with E-state index in [-0.39, 0.29) is 5.57 Å². The lowest BCUT2D eigenvalue weighted by Gasteiger charge is -2.18. The molecule has 2 unspecified atom stereocenters. The van der Waals surface area contributed by atoms with Gasteiger partial charge in [0.25, 0.3) is 0 Å². The first-order valence-electron chi connectivity index (χ1n) is 11.5. The monoisotopic (exact) mass is 426 g/mol. The van der Waals surface area contributed by atoms with Crippen LogP contribution in [-0.2, 0) is 19.4 Å². The predicted octanol–water partition coefficient (Wildman–Crippen LogP) is 5.18. The third-order valence-corrected chi connectivity index (χ3v) is 5.03. The molecular formula is C24H42O6. The van der Waals surface area contributed by atoms with E-state index in [1.54, 1.807) is 0 Å². The van der Waals surface area contributed by atoms with Crippen molar-refractivity contribution in [3.8, 4) is 0 Å². The van der Waals surface area contributed by atoms with Crippen LogP contribution in [0.2, 0.25) is 0 Å². The van der Waals surface area contributed by atoms with Crippen LogP contribution in [0.3, 0.4) is 0 Å². The van der Waals surface area contributed by atoms with Crippen LogP contribution >= 0.6 is 0 Å². The lowest BCUT2D eigenvalue weighted by atomic mass is 9.95. The second-order valence-electron chi connectivity index (χ2n) is 7.93. The minimum atomic E-state index is -1.24. The topological polar surface area (TPSA) is 93.1 Å². The molecule has 0 fully saturated rings. The molecule has 0 heterocycles. The number of carbonyl (C=O) groups is 2. The summed E-state index contributed by atoms with van der Waals surface area (Å²) in [5.41, 5.74) is 0.100. The number of aliphatic hydroxyl groups is 2. The SMILES string of the molecule is C=C(C)C(=O)OOC(=O)C(CCCCCC/C=C\CCCCCCCC)C(O)CO. The predicted molar refractivity (Wildman–Crippen MR) is 118 cm³/mol. The number of carbonyl (C=O) groups excluding carboxylic acids is 2. The number of hydrogen-bond donors (Lipinski definition) is 2. The van der Waals surface area contributed by atoms with E-state index in [0.29, 0.717) is 12.8 Å². The molecule has 0 spiro atoms. The Morgan fingerprint density at radius 1 is 0.900 bits per heavy atom. The van der Waals surface area contributed by atoms with Crippen LogP contribution in [0.1, 0.15) is 97.3 Å². The van der Waals surface area contributed by atoms with Crippen LogP contribution in [0.15, 0.2) is 24.3 Å². The van der Waals surface area contributed by atoms with E-state index in [4.69, 9.17) is 5.11 Å². The van der Waals surface area contributed by atoms with Crippen LogP contribution in [0, 0.1) is 5.92 Å².